The van der Waals surface area contributed by atoms with E-state index in [0.717, 1.165) is 5.56 Å². The molecule has 1 heterocycles. The molecule has 1 fully saturated rings. The third-order valence-electron chi connectivity index (χ3n) is 5.28. The summed E-state index contributed by atoms with van der Waals surface area (Å²) in [7, 11) is 3.00. The lowest BCUT2D eigenvalue weighted by molar-refractivity contribution is -0.156. The quantitative estimate of drug-likeness (QED) is 0.396. The largest absolute Gasteiger partial charge is 0.497 e. The monoisotopic (exact) mass is 539 g/mol. The molecule has 2 N–H and O–H groups in total. The van der Waals surface area contributed by atoms with E-state index >= 15 is 0 Å². The Hall–Kier alpha value is -1.71. The standard InChI is InChI=1S/C22H23Br2NO5/c1-29-16-10-8-15(9-11-16)25-20(18(27)13-26)22(30-2,21(25)28)19(17(24)12-23)14-6-4-3-5-7-14/h3-11,18,20,26-27H,12-13H2,1-2H3/b19-17-/t18-,20+,22-/m1/s1. The van der Waals surface area contributed by atoms with Crippen LogP contribution in [0.5, 0.6) is 5.75 Å². The Morgan fingerprint density at radius 1 is 1.17 bits per heavy atom. The molecule has 160 valence electrons. The average Bonchev–Trinajstić information content (AvgIpc) is 2.80. The number of hydrogen-bond acceptors (Lipinski definition) is 5. The third kappa shape index (κ3) is 3.71. The van der Waals surface area contributed by atoms with Gasteiger partial charge >= 0.3 is 0 Å². The Balaban J connectivity index is 2.17. The van der Waals surface area contributed by atoms with E-state index in [2.05, 4.69) is 31.9 Å². The molecular formula is C22H23Br2NO5. The summed E-state index contributed by atoms with van der Waals surface area (Å²) in [6.45, 7) is -0.524. The van der Waals surface area contributed by atoms with E-state index in [4.69, 9.17) is 9.47 Å². The maximum absolute atomic E-state index is 13.6. The van der Waals surface area contributed by atoms with Gasteiger partial charge in [-0.25, -0.2) is 0 Å². The van der Waals surface area contributed by atoms with Crippen LogP contribution < -0.4 is 9.64 Å². The Kier molecular flexibility index (Phi) is 7.36. The van der Waals surface area contributed by atoms with Crippen molar-refractivity contribution in [3.8, 4) is 5.75 Å². The van der Waals surface area contributed by atoms with Crippen LogP contribution in [0.2, 0.25) is 0 Å². The predicted octanol–water partition coefficient (Wildman–Crippen LogP) is 3.35. The van der Waals surface area contributed by atoms with Gasteiger partial charge in [0.1, 0.15) is 17.9 Å². The van der Waals surface area contributed by atoms with Crippen molar-refractivity contribution < 1.29 is 24.5 Å². The molecule has 8 heteroatoms. The van der Waals surface area contributed by atoms with Gasteiger partial charge in [-0.05, 0) is 29.8 Å². The van der Waals surface area contributed by atoms with E-state index in [0.29, 0.717) is 26.8 Å². The molecular weight excluding hydrogens is 518 g/mol. The minimum Gasteiger partial charge on any atom is -0.497 e. The maximum atomic E-state index is 13.6. The molecule has 0 aliphatic carbocycles. The number of hydrogen-bond donors (Lipinski definition) is 2. The summed E-state index contributed by atoms with van der Waals surface area (Å²) < 4.78 is 11.8. The number of rotatable bonds is 8. The van der Waals surface area contributed by atoms with Crippen LogP contribution in [0, 0.1) is 0 Å². The van der Waals surface area contributed by atoms with Gasteiger partial charge in [0.15, 0.2) is 5.60 Å². The molecule has 3 rings (SSSR count). The highest BCUT2D eigenvalue weighted by Gasteiger charge is 2.67. The fourth-order valence-electron chi connectivity index (χ4n) is 3.92. The number of carbonyl (C=O) groups is 1. The van der Waals surface area contributed by atoms with Crippen molar-refractivity contribution in [1.29, 1.82) is 0 Å². The second kappa shape index (κ2) is 9.62. The van der Waals surface area contributed by atoms with Crippen molar-refractivity contribution in [2.24, 2.45) is 0 Å². The van der Waals surface area contributed by atoms with Gasteiger partial charge in [-0.15, -0.1) is 0 Å². The van der Waals surface area contributed by atoms with Crippen LogP contribution in [0.1, 0.15) is 5.56 Å². The van der Waals surface area contributed by atoms with Gasteiger partial charge in [0, 0.05) is 28.2 Å². The number of halogens is 2. The number of benzene rings is 2. The Labute approximate surface area is 192 Å². The van der Waals surface area contributed by atoms with Crippen LogP contribution in [-0.2, 0) is 9.53 Å². The highest BCUT2D eigenvalue weighted by atomic mass is 79.9. The summed E-state index contributed by atoms with van der Waals surface area (Å²) in [5.74, 6) is 0.320. The third-order valence-corrected chi connectivity index (χ3v) is 7.27. The Morgan fingerprint density at radius 2 is 1.80 bits per heavy atom. The van der Waals surface area contributed by atoms with Crippen molar-refractivity contribution >= 4 is 49.0 Å². The first-order chi connectivity index (χ1) is 14.5. The van der Waals surface area contributed by atoms with Crippen molar-refractivity contribution in [1.82, 2.24) is 0 Å². The van der Waals surface area contributed by atoms with Gasteiger partial charge in [0.2, 0.25) is 0 Å². The van der Waals surface area contributed by atoms with Crippen LogP contribution in [-0.4, -0.2) is 60.0 Å². The number of allylic oxidation sites excluding steroid dienone is 1. The number of β-lactam (4-membered cyclic amide) rings is 1. The van der Waals surface area contributed by atoms with Crippen LogP contribution in [0.4, 0.5) is 5.69 Å². The number of alkyl halides is 1. The highest BCUT2D eigenvalue weighted by molar-refractivity contribution is 9.13. The summed E-state index contributed by atoms with van der Waals surface area (Å²) in [6, 6.07) is 15.5. The van der Waals surface area contributed by atoms with Crippen LogP contribution in [0.15, 0.2) is 59.1 Å². The average molecular weight is 541 g/mol. The molecule has 6 nitrogen and oxygen atoms in total. The van der Waals surface area contributed by atoms with Crippen LogP contribution in [0.3, 0.4) is 0 Å². The van der Waals surface area contributed by atoms with E-state index in [1.165, 1.54) is 12.0 Å². The predicted molar refractivity (Wildman–Crippen MR) is 123 cm³/mol. The molecule has 1 aliphatic rings. The minimum atomic E-state index is -1.48. The summed E-state index contributed by atoms with van der Waals surface area (Å²) in [5.41, 5.74) is 0.488. The van der Waals surface area contributed by atoms with Gasteiger partial charge in [0.25, 0.3) is 5.91 Å². The fraction of sp³-hybridized carbons (Fsp3) is 0.318. The smallest absolute Gasteiger partial charge is 0.266 e. The second-order valence-corrected chi connectivity index (χ2v) is 8.31. The fourth-order valence-corrected chi connectivity index (χ4v) is 4.72. The van der Waals surface area contributed by atoms with Gasteiger partial charge in [-0.2, -0.15) is 0 Å². The van der Waals surface area contributed by atoms with Gasteiger partial charge in [-0.1, -0.05) is 62.2 Å². The highest BCUT2D eigenvalue weighted by Crippen LogP contribution is 2.50. The van der Waals surface area contributed by atoms with Gasteiger partial charge < -0.3 is 19.7 Å². The molecule has 0 saturated carbocycles. The van der Waals surface area contributed by atoms with E-state index < -0.39 is 24.4 Å². The first-order valence-corrected chi connectivity index (χ1v) is 11.2. The topological polar surface area (TPSA) is 79.2 Å². The molecule has 3 atom stereocenters. The lowest BCUT2D eigenvalue weighted by Crippen LogP contribution is -2.79. The summed E-state index contributed by atoms with van der Waals surface area (Å²) >= 11 is 7.02. The van der Waals surface area contributed by atoms with Crippen molar-refractivity contribution in [2.45, 2.75) is 17.7 Å². The SMILES string of the molecule is COc1ccc(N2C(=O)[C@@](OC)(/C(=C(\Br)CBr)c3ccccc3)[C@@H]2[C@H](O)CO)cc1. The molecule has 2 aromatic carbocycles. The molecule has 1 aliphatic heterocycles. The van der Waals surface area contributed by atoms with E-state index in [9.17, 15) is 15.0 Å². The molecule has 1 saturated heterocycles. The molecule has 0 radical (unpaired) electrons. The molecule has 0 aromatic heterocycles. The number of aliphatic hydroxyl groups excluding tert-OH is 2. The van der Waals surface area contributed by atoms with Crippen molar-refractivity contribution in [2.75, 3.05) is 31.1 Å². The van der Waals surface area contributed by atoms with Gasteiger partial charge in [-0.3, -0.25) is 9.69 Å². The lowest BCUT2D eigenvalue weighted by Gasteiger charge is -2.57. The molecule has 0 spiro atoms. The summed E-state index contributed by atoms with van der Waals surface area (Å²) in [5, 5.41) is 21.0. The number of aliphatic hydroxyl groups is 2. The van der Waals surface area contributed by atoms with E-state index in [1.54, 1.807) is 31.4 Å². The van der Waals surface area contributed by atoms with E-state index in [-0.39, 0.29) is 5.91 Å². The second-order valence-electron chi connectivity index (χ2n) is 6.79. The first kappa shape index (κ1) is 23.0. The van der Waals surface area contributed by atoms with Crippen LogP contribution >= 0.6 is 31.9 Å². The molecule has 0 unspecified atom stereocenters. The molecule has 0 bridgehead atoms. The normalized spacial score (nSPS) is 22.9. The Morgan fingerprint density at radius 3 is 2.30 bits per heavy atom. The zero-order valence-electron chi connectivity index (χ0n) is 16.6. The number of carbonyl (C=O) groups excluding carboxylic acids is 1. The number of amides is 1. The van der Waals surface area contributed by atoms with Gasteiger partial charge in [0.05, 0.1) is 13.7 Å². The lowest BCUT2D eigenvalue weighted by atomic mass is 9.70. The number of nitrogens with zero attached hydrogens (tertiary/aromatic N) is 1. The number of anilines is 1. The first-order valence-electron chi connectivity index (χ1n) is 9.28. The number of ether oxygens (including phenoxy) is 2. The summed E-state index contributed by atoms with van der Waals surface area (Å²) in [4.78, 5) is 15.1. The van der Waals surface area contributed by atoms with Crippen LogP contribution in [0.25, 0.3) is 5.57 Å². The zero-order valence-corrected chi connectivity index (χ0v) is 19.8. The number of methoxy groups -OCH3 is 2. The molecule has 30 heavy (non-hydrogen) atoms. The maximum Gasteiger partial charge on any atom is 0.266 e. The molecule has 2 aromatic rings. The Bertz CT molecular complexity index is 919. The zero-order chi connectivity index (χ0) is 21.9. The van der Waals surface area contributed by atoms with Crippen molar-refractivity contribution in [3.63, 3.8) is 0 Å². The minimum absolute atomic E-state index is 0.329. The van der Waals surface area contributed by atoms with E-state index in [1.807, 2.05) is 30.3 Å². The molecule has 1 amide bonds. The summed E-state index contributed by atoms with van der Waals surface area (Å²) in [6.07, 6.45) is -1.22. The van der Waals surface area contributed by atoms with Crippen molar-refractivity contribution in [3.05, 3.63) is 64.6 Å².